The molecule has 7 heteroatoms. The fourth-order valence-corrected chi connectivity index (χ4v) is 3.54. The Kier molecular flexibility index (Phi) is 8.84. The van der Waals surface area contributed by atoms with Crippen LogP contribution in [-0.4, -0.2) is 56.6 Å². The molecule has 156 valence electrons. The first-order valence-corrected chi connectivity index (χ1v) is 10.6. The number of aliphatic imine (C=N–C) groups is 1. The van der Waals surface area contributed by atoms with Crippen LogP contribution in [0.1, 0.15) is 50.5 Å². The van der Waals surface area contributed by atoms with Gasteiger partial charge in [0.15, 0.2) is 5.96 Å². The molecule has 0 aromatic carbocycles. The van der Waals surface area contributed by atoms with Crippen LogP contribution in [0.4, 0.5) is 0 Å². The number of pyridine rings is 1. The summed E-state index contributed by atoms with van der Waals surface area (Å²) >= 11 is 0. The minimum absolute atomic E-state index is 0.297. The third kappa shape index (κ3) is 7.28. The molecule has 0 spiro atoms. The molecule has 1 aliphatic heterocycles. The Bertz CT molecular complexity index is 582. The van der Waals surface area contributed by atoms with E-state index < -0.39 is 0 Å². The van der Waals surface area contributed by atoms with Crippen molar-refractivity contribution in [2.75, 3.05) is 33.4 Å². The highest BCUT2D eigenvalue weighted by Gasteiger charge is 2.17. The SMILES string of the molecule is CN=C(NCCCOCC1CCCO1)NCc1ccc(OC2CCCC2)nc1. The quantitative estimate of drug-likeness (QED) is 0.363. The molecule has 1 atom stereocenters. The van der Waals surface area contributed by atoms with Crippen molar-refractivity contribution < 1.29 is 14.2 Å². The molecule has 2 N–H and O–H groups in total. The van der Waals surface area contributed by atoms with Crippen LogP contribution in [0.5, 0.6) is 5.88 Å². The first kappa shape index (κ1) is 20.9. The maximum Gasteiger partial charge on any atom is 0.213 e. The van der Waals surface area contributed by atoms with Crippen molar-refractivity contribution in [3.63, 3.8) is 0 Å². The molecule has 1 aromatic heterocycles. The first-order valence-electron chi connectivity index (χ1n) is 10.6. The monoisotopic (exact) mass is 390 g/mol. The fraction of sp³-hybridized carbons (Fsp3) is 0.714. The van der Waals surface area contributed by atoms with Gasteiger partial charge in [-0.3, -0.25) is 4.99 Å². The summed E-state index contributed by atoms with van der Waals surface area (Å²) in [6.45, 7) is 3.81. The number of nitrogens with zero attached hydrogens (tertiary/aromatic N) is 2. The van der Waals surface area contributed by atoms with Crippen molar-refractivity contribution in [2.45, 2.75) is 63.7 Å². The van der Waals surface area contributed by atoms with Crippen LogP contribution < -0.4 is 15.4 Å². The van der Waals surface area contributed by atoms with Crippen LogP contribution in [0.3, 0.4) is 0 Å². The number of hydrogen-bond acceptors (Lipinski definition) is 5. The van der Waals surface area contributed by atoms with Gasteiger partial charge in [-0.2, -0.15) is 0 Å². The molecule has 1 aromatic rings. The lowest BCUT2D eigenvalue weighted by atomic mass is 10.2. The molecule has 0 radical (unpaired) electrons. The molecule has 7 nitrogen and oxygen atoms in total. The van der Waals surface area contributed by atoms with Crippen molar-refractivity contribution >= 4 is 5.96 Å². The number of nitrogens with one attached hydrogen (secondary N) is 2. The Hall–Kier alpha value is -1.86. The summed E-state index contributed by atoms with van der Waals surface area (Å²) in [5.74, 6) is 1.51. The van der Waals surface area contributed by atoms with Gasteiger partial charge in [0.1, 0.15) is 6.10 Å². The Morgan fingerprint density at radius 1 is 1.21 bits per heavy atom. The van der Waals surface area contributed by atoms with E-state index >= 15 is 0 Å². The molecule has 0 bridgehead atoms. The van der Waals surface area contributed by atoms with E-state index in [1.165, 1.54) is 12.8 Å². The minimum atomic E-state index is 0.297. The van der Waals surface area contributed by atoms with Crippen LogP contribution >= 0.6 is 0 Å². The van der Waals surface area contributed by atoms with Crippen molar-refractivity contribution in [1.82, 2.24) is 15.6 Å². The summed E-state index contributed by atoms with van der Waals surface area (Å²) < 4.78 is 17.1. The zero-order valence-electron chi connectivity index (χ0n) is 17.0. The lowest BCUT2D eigenvalue weighted by Gasteiger charge is -2.14. The second kappa shape index (κ2) is 11.9. The molecular formula is C21H34N4O3. The number of guanidine groups is 1. The molecule has 1 saturated carbocycles. The van der Waals surface area contributed by atoms with E-state index in [0.717, 1.165) is 69.3 Å². The van der Waals surface area contributed by atoms with Gasteiger partial charge in [-0.05, 0) is 50.5 Å². The minimum Gasteiger partial charge on any atom is -0.474 e. The summed E-state index contributed by atoms with van der Waals surface area (Å²) in [6, 6.07) is 4.01. The molecule has 1 aliphatic carbocycles. The molecule has 28 heavy (non-hydrogen) atoms. The number of aromatic nitrogens is 1. The van der Waals surface area contributed by atoms with Crippen LogP contribution in [0.25, 0.3) is 0 Å². The van der Waals surface area contributed by atoms with Gasteiger partial charge in [-0.15, -0.1) is 0 Å². The van der Waals surface area contributed by atoms with Crippen molar-refractivity contribution in [3.8, 4) is 5.88 Å². The predicted octanol–water partition coefficient (Wildman–Crippen LogP) is 2.65. The van der Waals surface area contributed by atoms with E-state index in [2.05, 4.69) is 26.7 Å². The van der Waals surface area contributed by atoms with E-state index in [1.54, 1.807) is 7.05 Å². The Balaban J connectivity index is 1.26. The lowest BCUT2D eigenvalue weighted by molar-refractivity contribution is 0.0168. The molecule has 3 rings (SSSR count). The van der Waals surface area contributed by atoms with E-state index in [-0.39, 0.29) is 0 Å². The molecule has 2 fully saturated rings. The second-order valence-corrected chi connectivity index (χ2v) is 7.45. The van der Waals surface area contributed by atoms with E-state index in [9.17, 15) is 0 Å². The van der Waals surface area contributed by atoms with Crippen molar-refractivity contribution in [1.29, 1.82) is 0 Å². The highest BCUT2D eigenvalue weighted by Crippen LogP contribution is 2.22. The van der Waals surface area contributed by atoms with Crippen LogP contribution in [0, 0.1) is 0 Å². The normalized spacial score (nSPS) is 20.5. The Labute approximate surface area is 168 Å². The number of rotatable bonds is 10. The molecule has 2 heterocycles. The van der Waals surface area contributed by atoms with Gasteiger partial charge in [-0.25, -0.2) is 4.98 Å². The molecule has 0 amide bonds. The van der Waals surface area contributed by atoms with E-state index in [4.69, 9.17) is 14.2 Å². The molecule has 2 aliphatic rings. The fourth-order valence-electron chi connectivity index (χ4n) is 3.54. The smallest absolute Gasteiger partial charge is 0.213 e. The van der Waals surface area contributed by atoms with Gasteiger partial charge in [0.05, 0.1) is 12.7 Å². The summed E-state index contributed by atoms with van der Waals surface area (Å²) in [5, 5.41) is 6.62. The number of ether oxygens (including phenoxy) is 3. The summed E-state index contributed by atoms with van der Waals surface area (Å²) in [7, 11) is 1.78. The lowest BCUT2D eigenvalue weighted by Crippen LogP contribution is -2.37. The third-order valence-corrected chi connectivity index (χ3v) is 5.16. The maximum absolute atomic E-state index is 5.91. The summed E-state index contributed by atoms with van der Waals surface area (Å²) in [5.41, 5.74) is 1.10. The highest BCUT2D eigenvalue weighted by molar-refractivity contribution is 5.79. The number of hydrogen-bond donors (Lipinski definition) is 2. The van der Waals surface area contributed by atoms with E-state index in [0.29, 0.717) is 25.4 Å². The summed E-state index contributed by atoms with van der Waals surface area (Å²) in [6.07, 6.45) is 10.5. The third-order valence-electron chi connectivity index (χ3n) is 5.16. The van der Waals surface area contributed by atoms with Gasteiger partial charge in [0.25, 0.3) is 0 Å². The molecule has 1 saturated heterocycles. The van der Waals surface area contributed by atoms with Gasteiger partial charge in [0.2, 0.25) is 5.88 Å². The van der Waals surface area contributed by atoms with E-state index in [1.807, 2.05) is 12.3 Å². The zero-order valence-corrected chi connectivity index (χ0v) is 17.0. The Morgan fingerprint density at radius 3 is 2.82 bits per heavy atom. The van der Waals surface area contributed by atoms with Gasteiger partial charge in [-0.1, -0.05) is 6.07 Å². The zero-order chi connectivity index (χ0) is 19.4. The van der Waals surface area contributed by atoms with Crippen LogP contribution in [0.15, 0.2) is 23.3 Å². The average Bonchev–Trinajstić information content (AvgIpc) is 3.42. The topological polar surface area (TPSA) is 77.0 Å². The van der Waals surface area contributed by atoms with Crippen LogP contribution in [-0.2, 0) is 16.0 Å². The first-order chi connectivity index (χ1) is 13.8. The maximum atomic E-state index is 5.91. The van der Waals surface area contributed by atoms with Crippen molar-refractivity contribution in [2.24, 2.45) is 4.99 Å². The van der Waals surface area contributed by atoms with Gasteiger partial charge in [0, 0.05) is 45.6 Å². The van der Waals surface area contributed by atoms with Gasteiger partial charge < -0.3 is 24.8 Å². The second-order valence-electron chi connectivity index (χ2n) is 7.45. The molecule has 1 unspecified atom stereocenters. The average molecular weight is 391 g/mol. The Morgan fingerprint density at radius 2 is 2.11 bits per heavy atom. The standard InChI is InChI=1S/C21H34N4O3/c1-22-21(23-11-5-12-26-16-19-8-4-13-27-19)25-15-17-9-10-20(24-14-17)28-18-6-2-3-7-18/h9-10,14,18-19H,2-8,11-13,15-16H2,1H3,(H2,22,23,25). The summed E-state index contributed by atoms with van der Waals surface area (Å²) in [4.78, 5) is 8.68. The van der Waals surface area contributed by atoms with Gasteiger partial charge >= 0.3 is 0 Å². The van der Waals surface area contributed by atoms with Crippen molar-refractivity contribution in [3.05, 3.63) is 23.9 Å². The van der Waals surface area contributed by atoms with Crippen LogP contribution in [0.2, 0.25) is 0 Å². The predicted molar refractivity (Wildman–Crippen MR) is 110 cm³/mol. The highest BCUT2D eigenvalue weighted by atomic mass is 16.5. The largest absolute Gasteiger partial charge is 0.474 e. The molecular weight excluding hydrogens is 356 g/mol.